The zero-order valence-electron chi connectivity index (χ0n) is 8.60. The predicted molar refractivity (Wildman–Crippen MR) is 50.2 cm³/mol. The molecule has 1 rings (SSSR count). The van der Waals surface area contributed by atoms with E-state index in [4.69, 9.17) is 0 Å². The fourth-order valence-electron chi connectivity index (χ4n) is 1.06. The van der Waals surface area contributed by atoms with Crippen molar-refractivity contribution in [3.8, 4) is 0 Å². The van der Waals surface area contributed by atoms with E-state index in [9.17, 15) is 9.59 Å². The standard InChI is InChI=1S/C8H11N3O4/c1-9-11-4-10-5(7(12)14-2)6(11)8(13)15-3/h4,9H,1-3H3. The van der Waals surface area contributed by atoms with E-state index in [0.29, 0.717) is 0 Å². The maximum atomic E-state index is 11.4. The molecule has 7 nitrogen and oxygen atoms in total. The molecule has 0 aromatic carbocycles. The Kier molecular flexibility index (Phi) is 3.27. The van der Waals surface area contributed by atoms with Gasteiger partial charge in [-0.25, -0.2) is 19.2 Å². The molecule has 0 fully saturated rings. The first-order valence-electron chi connectivity index (χ1n) is 4.07. The minimum Gasteiger partial charge on any atom is -0.464 e. The van der Waals surface area contributed by atoms with E-state index in [0.717, 1.165) is 0 Å². The molecule has 0 radical (unpaired) electrons. The van der Waals surface area contributed by atoms with E-state index < -0.39 is 11.9 Å². The highest BCUT2D eigenvalue weighted by atomic mass is 16.5. The Balaban J connectivity index is 3.23. The molecule has 0 aliphatic carbocycles. The molecule has 0 saturated carbocycles. The first-order valence-corrected chi connectivity index (χ1v) is 4.07. The molecule has 0 amide bonds. The highest BCUT2D eigenvalue weighted by Gasteiger charge is 2.24. The molecule has 0 unspecified atom stereocenters. The lowest BCUT2D eigenvalue weighted by Crippen LogP contribution is -2.19. The van der Waals surface area contributed by atoms with Crippen LogP contribution >= 0.6 is 0 Å². The average molecular weight is 213 g/mol. The Morgan fingerprint density at radius 2 is 1.93 bits per heavy atom. The van der Waals surface area contributed by atoms with Crippen LogP contribution in [0.2, 0.25) is 0 Å². The Bertz CT molecular complexity index is 385. The molecule has 0 aliphatic rings. The van der Waals surface area contributed by atoms with Crippen LogP contribution in [0.4, 0.5) is 0 Å². The molecule has 1 heterocycles. The summed E-state index contributed by atoms with van der Waals surface area (Å²) < 4.78 is 10.3. The van der Waals surface area contributed by atoms with Gasteiger partial charge in [-0.1, -0.05) is 0 Å². The molecule has 0 saturated heterocycles. The molecular weight excluding hydrogens is 202 g/mol. The summed E-state index contributed by atoms with van der Waals surface area (Å²) in [6, 6.07) is 0. The van der Waals surface area contributed by atoms with Gasteiger partial charge in [-0.15, -0.1) is 0 Å². The van der Waals surface area contributed by atoms with E-state index in [2.05, 4.69) is 19.9 Å². The van der Waals surface area contributed by atoms with Gasteiger partial charge < -0.3 is 14.9 Å². The van der Waals surface area contributed by atoms with Crippen molar-refractivity contribution in [2.45, 2.75) is 0 Å². The highest BCUT2D eigenvalue weighted by Crippen LogP contribution is 2.08. The molecule has 0 bridgehead atoms. The van der Waals surface area contributed by atoms with E-state index in [1.165, 1.54) is 25.2 Å². The lowest BCUT2D eigenvalue weighted by Gasteiger charge is -2.05. The normalized spacial score (nSPS) is 9.53. The van der Waals surface area contributed by atoms with E-state index in [-0.39, 0.29) is 11.4 Å². The van der Waals surface area contributed by atoms with Crippen molar-refractivity contribution in [3.05, 3.63) is 17.7 Å². The number of carbonyl (C=O) groups is 2. The Labute approximate surface area is 86.0 Å². The van der Waals surface area contributed by atoms with Gasteiger partial charge in [0.2, 0.25) is 0 Å². The number of carbonyl (C=O) groups excluding carboxylic acids is 2. The van der Waals surface area contributed by atoms with Gasteiger partial charge in [-0.2, -0.15) is 0 Å². The van der Waals surface area contributed by atoms with E-state index >= 15 is 0 Å². The summed E-state index contributed by atoms with van der Waals surface area (Å²) in [5.41, 5.74) is 2.58. The van der Waals surface area contributed by atoms with Crippen LogP contribution in [-0.2, 0) is 9.47 Å². The second-order valence-corrected chi connectivity index (χ2v) is 2.52. The van der Waals surface area contributed by atoms with E-state index in [1.54, 1.807) is 7.05 Å². The van der Waals surface area contributed by atoms with Crippen molar-refractivity contribution in [2.24, 2.45) is 0 Å². The van der Waals surface area contributed by atoms with Gasteiger partial charge in [0.05, 0.1) is 14.2 Å². The molecule has 7 heteroatoms. The fraction of sp³-hybridized carbons (Fsp3) is 0.375. The van der Waals surface area contributed by atoms with Crippen molar-refractivity contribution < 1.29 is 19.1 Å². The number of imidazole rings is 1. The van der Waals surface area contributed by atoms with Crippen molar-refractivity contribution in [2.75, 3.05) is 26.7 Å². The van der Waals surface area contributed by atoms with Crippen molar-refractivity contribution in [1.82, 2.24) is 9.66 Å². The number of methoxy groups -OCH3 is 2. The minimum atomic E-state index is -0.690. The van der Waals surface area contributed by atoms with Crippen LogP contribution < -0.4 is 5.43 Å². The third kappa shape index (κ3) is 1.90. The van der Waals surface area contributed by atoms with Gasteiger partial charge in [0.1, 0.15) is 6.33 Å². The van der Waals surface area contributed by atoms with Crippen molar-refractivity contribution >= 4 is 11.9 Å². The van der Waals surface area contributed by atoms with Gasteiger partial charge in [0, 0.05) is 7.05 Å². The lowest BCUT2D eigenvalue weighted by atomic mass is 10.3. The number of nitrogens with zero attached hydrogens (tertiary/aromatic N) is 2. The number of aromatic nitrogens is 2. The molecule has 0 spiro atoms. The van der Waals surface area contributed by atoms with Gasteiger partial charge in [0.25, 0.3) is 0 Å². The molecular formula is C8H11N3O4. The smallest absolute Gasteiger partial charge is 0.359 e. The molecule has 82 valence electrons. The molecule has 1 aromatic rings. The summed E-state index contributed by atoms with van der Waals surface area (Å²) in [5, 5.41) is 0. The van der Waals surface area contributed by atoms with Gasteiger partial charge in [-0.05, 0) is 0 Å². The number of ether oxygens (including phenoxy) is 2. The van der Waals surface area contributed by atoms with Crippen LogP contribution in [-0.4, -0.2) is 42.9 Å². The number of esters is 2. The number of nitrogens with one attached hydrogen (secondary N) is 1. The zero-order valence-corrected chi connectivity index (χ0v) is 8.60. The van der Waals surface area contributed by atoms with Crippen molar-refractivity contribution in [1.29, 1.82) is 0 Å². The predicted octanol–water partition coefficient (Wildman–Crippen LogP) is -0.370. The maximum absolute atomic E-state index is 11.4. The molecule has 1 N–H and O–H groups in total. The largest absolute Gasteiger partial charge is 0.464 e. The summed E-state index contributed by atoms with van der Waals surface area (Å²) >= 11 is 0. The number of rotatable bonds is 3. The minimum absolute atomic E-state index is 0.00634. The number of hydrogen-bond acceptors (Lipinski definition) is 6. The summed E-state index contributed by atoms with van der Waals surface area (Å²) in [4.78, 5) is 26.4. The van der Waals surface area contributed by atoms with Crippen LogP contribution in [0.25, 0.3) is 0 Å². The maximum Gasteiger partial charge on any atom is 0.359 e. The molecule has 0 aliphatic heterocycles. The van der Waals surface area contributed by atoms with Crippen molar-refractivity contribution in [3.63, 3.8) is 0 Å². The quantitative estimate of drug-likeness (QED) is 0.690. The van der Waals surface area contributed by atoms with Crippen LogP contribution in [0.5, 0.6) is 0 Å². The van der Waals surface area contributed by atoms with Gasteiger partial charge >= 0.3 is 11.9 Å². The topological polar surface area (TPSA) is 82.5 Å². The van der Waals surface area contributed by atoms with E-state index in [1.807, 2.05) is 0 Å². The molecule has 0 atom stereocenters. The summed E-state index contributed by atoms with van der Waals surface area (Å²) in [6.45, 7) is 0. The van der Waals surface area contributed by atoms with Crippen LogP contribution in [0, 0.1) is 0 Å². The van der Waals surface area contributed by atoms with Gasteiger partial charge in [-0.3, -0.25) is 0 Å². The second kappa shape index (κ2) is 4.45. The Hall–Kier alpha value is -2.05. The van der Waals surface area contributed by atoms with Crippen LogP contribution in [0.1, 0.15) is 21.0 Å². The second-order valence-electron chi connectivity index (χ2n) is 2.52. The first kappa shape index (κ1) is 11.0. The molecule has 1 aromatic heterocycles. The lowest BCUT2D eigenvalue weighted by molar-refractivity contribution is 0.0545. The summed E-state index contributed by atoms with van der Waals surface area (Å²) in [7, 11) is 4.01. The SMILES string of the molecule is CNn1cnc(C(=O)OC)c1C(=O)OC. The molecule has 15 heavy (non-hydrogen) atoms. The van der Waals surface area contributed by atoms with Gasteiger partial charge in [0.15, 0.2) is 11.4 Å². The van der Waals surface area contributed by atoms with Crippen LogP contribution in [0.3, 0.4) is 0 Å². The number of hydrogen-bond donors (Lipinski definition) is 1. The Morgan fingerprint density at radius 3 is 2.40 bits per heavy atom. The summed E-state index contributed by atoms with van der Waals surface area (Å²) in [5.74, 6) is -1.35. The van der Waals surface area contributed by atoms with Crippen LogP contribution in [0.15, 0.2) is 6.33 Å². The third-order valence-corrected chi connectivity index (χ3v) is 1.77. The fourth-order valence-corrected chi connectivity index (χ4v) is 1.06. The first-order chi connectivity index (χ1) is 7.15. The Morgan fingerprint density at radius 1 is 1.33 bits per heavy atom. The monoisotopic (exact) mass is 213 g/mol. The highest BCUT2D eigenvalue weighted by molar-refractivity contribution is 6.00. The zero-order chi connectivity index (χ0) is 11.4. The third-order valence-electron chi connectivity index (χ3n) is 1.77. The average Bonchev–Trinajstić information content (AvgIpc) is 2.70. The summed E-state index contributed by atoms with van der Waals surface area (Å²) in [6.07, 6.45) is 1.29.